The molecule has 0 bridgehead atoms. The van der Waals surface area contributed by atoms with Crippen LogP contribution in [0.4, 0.5) is 0 Å². The summed E-state index contributed by atoms with van der Waals surface area (Å²) in [6, 6.07) is 5.68. The summed E-state index contributed by atoms with van der Waals surface area (Å²) in [6.45, 7) is 0. The van der Waals surface area contributed by atoms with Crippen molar-refractivity contribution >= 4 is 23.2 Å². The fraction of sp³-hybridized carbons (Fsp3) is 0.500. The second-order valence-electron chi connectivity index (χ2n) is 4.03. The molecule has 0 radical (unpaired) electrons. The molecule has 1 nitrogen and oxygen atoms in total. The number of rotatable bonds is 4. The molecular formula is C12H14Cl2O. The van der Waals surface area contributed by atoms with Gasteiger partial charge in [-0.3, -0.25) is 0 Å². The third-order valence-electron chi connectivity index (χ3n) is 2.78. The van der Waals surface area contributed by atoms with E-state index in [1.165, 1.54) is 12.8 Å². The monoisotopic (exact) mass is 244 g/mol. The van der Waals surface area contributed by atoms with Crippen LogP contribution < -0.4 is 4.74 Å². The standard InChI is InChI=1S/C12H14Cl2O/c1-15-9-4-5-10(12(14)7-9)11(13)6-8-2-3-8/h4-5,7-8,11H,2-3,6H2,1H3. The second-order valence-corrected chi connectivity index (χ2v) is 4.97. The number of methoxy groups -OCH3 is 1. The van der Waals surface area contributed by atoms with Gasteiger partial charge in [0.2, 0.25) is 0 Å². The van der Waals surface area contributed by atoms with E-state index in [9.17, 15) is 0 Å². The lowest BCUT2D eigenvalue weighted by Crippen LogP contribution is -1.94. The minimum absolute atomic E-state index is 0.0379. The summed E-state index contributed by atoms with van der Waals surface area (Å²) >= 11 is 12.5. The van der Waals surface area contributed by atoms with Gasteiger partial charge in [-0.1, -0.05) is 30.5 Å². The molecule has 1 atom stereocenters. The van der Waals surface area contributed by atoms with Crippen LogP contribution in [0.2, 0.25) is 5.02 Å². The fourth-order valence-corrected chi connectivity index (χ4v) is 2.46. The van der Waals surface area contributed by atoms with Gasteiger partial charge in [0, 0.05) is 5.02 Å². The zero-order valence-corrected chi connectivity index (χ0v) is 10.2. The van der Waals surface area contributed by atoms with Crippen LogP contribution in [0, 0.1) is 5.92 Å². The summed E-state index contributed by atoms with van der Waals surface area (Å²) in [5.74, 6) is 1.59. The zero-order valence-electron chi connectivity index (χ0n) is 8.67. The Hall–Kier alpha value is -0.400. The Bertz CT molecular complexity index is 347. The molecule has 1 unspecified atom stereocenters. The van der Waals surface area contributed by atoms with Crippen molar-refractivity contribution in [3.05, 3.63) is 28.8 Å². The fourth-order valence-electron chi connectivity index (χ4n) is 1.66. The molecule has 15 heavy (non-hydrogen) atoms. The molecule has 0 saturated heterocycles. The third-order valence-corrected chi connectivity index (χ3v) is 3.52. The van der Waals surface area contributed by atoms with Gasteiger partial charge in [0.15, 0.2) is 0 Å². The van der Waals surface area contributed by atoms with E-state index in [1.807, 2.05) is 18.2 Å². The molecular weight excluding hydrogens is 231 g/mol. The number of hydrogen-bond donors (Lipinski definition) is 0. The van der Waals surface area contributed by atoms with Gasteiger partial charge < -0.3 is 4.74 Å². The maximum absolute atomic E-state index is 6.32. The summed E-state index contributed by atoms with van der Waals surface area (Å²) in [5, 5.41) is 0.742. The highest BCUT2D eigenvalue weighted by Crippen LogP contribution is 2.42. The first-order valence-electron chi connectivity index (χ1n) is 5.18. The van der Waals surface area contributed by atoms with E-state index < -0.39 is 0 Å². The number of halogens is 2. The van der Waals surface area contributed by atoms with Crippen molar-refractivity contribution in [2.75, 3.05) is 7.11 Å². The zero-order chi connectivity index (χ0) is 10.8. The van der Waals surface area contributed by atoms with Crippen molar-refractivity contribution in [3.63, 3.8) is 0 Å². The summed E-state index contributed by atoms with van der Waals surface area (Å²) in [6.07, 6.45) is 3.67. The molecule has 1 aromatic rings. The molecule has 1 aliphatic carbocycles. The van der Waals surface area contributed by atoms with Crippen molar-refractivity contribution in [1.29, 1.82) is 0 Å². The van der Waals surface area contributed by atoms with Crippen LogP contribution >= 0.6 is 23.2 Å². The molecule has 0 aromatic heterocycles. The van der Waals surface area contributed by atoms with E-state index in [0.717, 1.165) is 23.7 Å². The first kappa shape index (κ1) is 11.1. The molecule has 82 valence electrons. The van der Waals surface area contributed by atoms with Crippen LogP contribution in [0.25, 0.3) is 0 Å². The largest absolute Gasteiger partial charge is 0.497 e. The highest BCUT2D eigenvalue weighted by molar-refractivity contribution is 6.32. The molecule has 1 fully saturated rings. The van der Waals surface area contributed by atoms with Gasteiger partial charge in [-0.2, -0.15) is 0 Å². The van der Waals surface area contributed by atoms with Crippen LogP contribution in [-0.4, -0.2) is 7.11 Å². The van der Waals surface area contributed by atoms with Crippen LogP contribution in [0.1, 0.15) is 30.2 Å². The van der Waals surface area contributed by atoms with Crippen LogP contribution in [0.5, 0.6) is 5.75 Å². The van der Waals surface area contributed by atoms with Gasteiger partial charge in [-0.05, 0) is 30.0 Å². The van der Waals surface area contributed by atoms with Crippen molar-refractivity contribution in [1.82, 2.24) is 0 Å². The van der Waals surface area contributed by atoms with Gasteiger partial charge in [-0.25, -0.2) is 0 Å². The maximum Gasteiger partial charge on any atom is 0.120 e. The number of ether oxygens (including phenoxy) is 1. The van der Waals surface area contributed by atoms with E-state index in [4.69, 9.17) is 27.9 Å². The average Bonchev–Trinajstić information content (AvgIpc) is 3.01. The van der Waals surface area contributed by atoms with E-state index in [0.29, 0.717) is 5.02 Å². The predicted octanol–water partition coefficient (Wildman–Crippen LogP) is 4.43. The topological polar surface area (TPSA) is 9.23 Å². The maximum atomic E-state index is 6.32. The average molecular weight is 245 g/mol. The Morgan fingerprint density at radius 1 is 1.47 bits per heavy atom. The molecule has 2 rings (SSSR count). The van der Waals surface area contributed by atoms with Gasteiger partial charge in [-0.15, -0.1) is 11.6 Å². The number of hydrogen-bond acceptors (Lipinski definition) is 1. The molecule has 0 aliphatic heterocycles. The van der Waals surface area contributed by atoms with E-state index in [2.05, 4.69) is 0 Å². The first-order valence-corrected chi connectivity index (χ1v) is 5.99. The smallest absolute Gasteiger partial charge is 0.120 e. The molecule has 1 saturated carbocycles. The second kappa shape index (κ2) is 4.63. The molecule has 1 aromatic carbocycles. The van der Waals surface area contributed by atoms with Crippen molar-refractivity contribution < 1.29 is 4.74 Å². The SMILES string of the molecule is COc1ccc(C(Cl)CC2CC2)c(Cl)c1. The molecule has 0 spiro atoms. The minimum Gasteiger partial charge on any atom is -0.497 e. The molecule has 0 amide bonds. The van der Waals surface area contributed by atoms with Crippen LogP contribution in [-0.2, 0) is 0 Å². The Kier molecular flexibility index (Phi) is 3.42. The highest BCUT2D eigenvalue weighted by Gasteiger charge is 2.26. The number of benzene rings is 1. The Balaban J connectivity index is 2.11. The quantitative estimate of drug-likeness (QED) is 0.713. The van der Waals surface area contributed by atoms with Crippen molar-refractivity contribution in [2.24, 2.45) is 5.92 Å². The predicted molar refractivity (Wildman–Crippen MR) is 63.9 cm³/mol. The van der Waals surface area contributed by atoms with Gasteiger partial charge in [0.1, 0.15) is 5.75 Å². The Labute approximate surface area is 100 Å². The van der Waals surface area contributed by atoms with Gasteiger partial charge in [0.25, 0.3) is 0 Å². The molecule has 1 aliphatic rings. The van der Waals surface area contributed by atoms with E-state index in [-0.39, 0.29) is 5.38 Å². The summed E-state index contributed by atoms with van der Waals surface area (Å²) in [7, 11) is 1.63. The van der Waals surface area contributed by atoms with Crippen LogP contribution in [0.15, 0.2) is 18.2 Å². The lowest BCUT2D eigenvalue weighted by Gasteiger charge is -2.12. The lowest BCUT2D eigenvalue weighted by atomic mass is 10.1. The Morgan fingerprint density at radius 2 is 2.20 bits per heavy atom. The van der Waals surface area contributed by atoms with E-state index in [1.54, 1.807) is 7.11 Å². The summed E-state index contributed by atoms with van der Waals surface area (Å²) in [5.41, 5.74) is 1.02. The van der Waals surface area contributed by atoms with Crippen molar-refractivity contribution in [3.8, 4) is 5.75 Å². The molecule has 0 heterocycles. The Morgan fingerprint density at radius 3 is 2.73 bits per heavy atom. The third kappa shape index (κ3) is 2.79. The molecule has 0 N–H and O–H groups in total. The van der Waals surface area contributed by atoms with E-state index >= 15 is 0 Å². The minimum atomic E-state index is 0.0379. The number of alkyl halides is 1. The normalized spacial score (nSPS) is 17.5. The van der Waals surface area contributed by atoms with Gasteiger partial charge >= 0.3 is 0 Å². The summed E-state index contributed by atoms with van der Waals surface area (Å²) in [4.78, 5) is 0. The molecule has 3 heteroatoms. The van der Waals surface area contributed by atoms with Crippen molar-refractivity contribution in [2.45, 2.75) is 24.6 Å². The summed E-state index contributed by atoms with van der Waals surface area (Å²) < 4.78 is 5.10. The lowest BCUT2D eigenvalue weighted by molar-refractivity contribution is 0.414. The highest BCUT2D eigenvalue weighted by atomic mass is 35.5. The van der Waals surface area contributed by atoms with Crippen LogP contribution in [0.3, 0.4) is 0 Å². The first-order chi connectivity index (χ1) is 7.20. The van der Waals surface area contributed by atoms with Gasteiger partial charge in [0.05, 0.1) is 12.5 Å².